The lowest BCUT2D eigenvalue weighted by atomic mass is 9.93. The number of allylic oxidation sites excluding steroid dienone is 4. The minimum Gasteiger partial charge on any atom is -0.399 e. The standard InChI is InChI=1S/C34H36N2/c1-7-13-27(8-2)33-23(3)18-31(19-24(33)4)36(30-17-12-16-29(35)22-30)32-20-25(5)34(26(6)21-32)28-14-10-9-11-15-28/h7-22H,35H2,1-6H3/b13-7-,27-8+. The molecule has 0 saturated carbocycles. The molecule has 0 spiro atoms. The Labute approximate surface area is 216 Å². The summed E-state index contributed by atoms with van der Waals surface area (Å²) in [6, 6.07) is 27.9. The molecule has 0 heterocycles. The van der Waals surface area contributed by atoms with Gasteiger partial charge in [0.2, 0.25) is 0 Å². The van der Waals surface area contributed by atoms with Gasteiger partial charge in [0.1, 0.15) is 0 Å². The van der Waals surface area contributed by atoms with Crippen molar-refractivity contribution < 1.29 is 0 Å². The molecule has 0 fully saturated rings. The Morgan fingerprint density at radius 1 is 0.667 bits per heavy atom. The zero-order valence-corrected chi connectivity index (χ0v) is 22.3. The summed E-state index contributed by atoms with van der Waals surface area (Å²) in [6.45, 7) is 13.0. The van der Waals surface area contributed by atoms with Gasteiger partial charge in [-0.25, -0.2) is 0 Å². The van der Waals surface area contributed by atoms with Crippen molar-refractivity contribution in [1.82, 2.24) is 0 Å². The van der Waals surface area contributed by atoms with Crippen LogP contribution in [-0.2, 0) is 0 Å². The van der Waals surface area contributed by atoms with E-state index in [1.165, 1.54) is 44.5 Å². The van der Waals surface area contributed by atoms with Gasteiger partial charge in [0.15, 0.2) is 0 Å². The van der Waals surface area contributed by atoms with Gasteiger partial charge in [-0.2, -0.15) is 0 Å². The van der Waals surface area contributed by atoms with Crippen LogP contribution in [0.2, 0.25) is 0 Å². The van der Waals surface area contributed by atoms with Crippen LogP contribution in [0.1, 0.15) is 41.7 Å². The van der Waals surface area contributed by atoms with E-state index in [1.54, 1.807) is 0 Å². The van der Waals surface area contributed by atoms with Crippen molar-refractivity contribution >= 4 is 28.3 Å². The molecule has 0 atom stereocenters. The first-order valence-corrected chi connectivity index (χ1v) is 12.6. The number of benzene rings is 4. The highest BCUT2D eigenvalue weighted by Crippen LogP contribution is 2.41. The number of hydrogen-bond acceptors (Lipinski definition) is 2. The summed E-state index contributed by atoms with van der Waals surface area (Å²) in [5.74, 6) is 0. The molecular formula is C34H36N2. The van der Waals surface area contributed by atoms with E-state index in [-0.39, 0.29) is 0 Å². The fourth-order valence-electron chi connectivity index (χ4n) is 5.27. The molecule has 2 heteroatoms. The summed E-state index contributed by atoms with van der Waals surface area (Å²) in [6.07, 6.45) is 6.46. The Morgan fingerprint density at radius 2 is 1.25 bits per heavy atom. The lowest BCUT2D eigenvalue weighted by Gasteiger charge is -2.29. The lowest BCUT2D eigenvalue weighted by molar-refractivity contribution is 1.23. The molecule has 2 N–H and O–H groups in total. The maximum atomic E-state index is 6.25. The minimum absolute atomic E-state index is 0.751. The third kappa shape index (κ3) is 4.99. The summed E-state index contributed by atoms with van der Waals surface area (Å²) < 4.78 is 0. The number of rotatable bonds is 6. The van der Waals surface area contributed by atoms with Gasteiger partial charge in [0, 0.05) is 22.7 Å². The Kier molecular flexibility index (Phi) is 7.45. The fourth-order valence-corrected chi connectivity index (χ4v) is 5.27. The second kappa shape index (κ2) is 10.7. The zero-order valence-electron chi connectivity index (χ0n) is 22.3. The summed E-state index contributed by atoms with van der Waals surface area (Å²) in [4.78, 5) is 2.32. The zero-order chi connectivity index (χ0) is 25.8. The van der Waals surface area contributed by atoms with Crippen LogP contribution in [0.3, 0.4) is 0 Å². The van der Waals surface area contributed by atoms with Crippen LogP contribution in [0.5, 0.6) is 0 Å². The molecule has 4 aromatic carbocycles. The van der Waals surface area contributed by atoms with Crippen LogP contribution in [-0.4, -0.2) is 0 Å². The normalized spacial score (nSPS) is 11.8. The SMILES string of the molecule is C/C=C\C(=C/C)c1c(C)cc(N(c2cccc(N)c2)c2cc(C)c(-c3ccccc3)c(C)c2)cc1C. The Morgan fingerprint density at radius 3 is 1.78 bits per heavy atom. The van der Waals surface area contributed by atoms with Crippen molar-refractivity contribution in [3.05, 3.63) is 125 Å². The van der Waals surface area contributed by atoms with Crippen LogP contribution in [0.15, 0.2) is 97.1 Å². The van der Waals surface area contributed by atoms with E-state index in [1.807, 2.05) is 18.2 Å². The van der Waals surface area contributed by atoms with Crippen LogP contribution in [0, 0.1) is 27.7 Å². The second-order valence-electron chi connectivity index (χ2n) is 9.45. The van der Waals surface area contributed by atoms with Gasteiger partial charge >= 0.3 is 0 Å². The Bertz CT molecular complexity index is 1400. The van der Waals surface area contributed by atoms with Gasteiger partial charge in [0.05, 0.1) is 0 Å². The first-order chi connectivity index (χ1) is 17.3. The molecule has 0 unspecified atom stereocenters. The van der Waals surface area contributed by atoms with Crippen molar-refractivity contribution in [1.29, 1.82) is 0 Å². The molecule has 0 aliphatic heterocycles. The third-order valence-corrected chi connectivity index (χ3v) is 6.69. The van der Waals surface area contributed by atoms with Gasteiger partial charge in [-0.1, -0.05) is 54.6 Å². The van der Waals surface area contributed by atoms with Crippen LogP contribution in [0.25, 0.3) is 16.7 Å². The van der Waals surface area contributed by atoms with Crippen molar-refractivity contribution in [3.8, 4) is 11.1 Å². The summed E-state index contributed by atoms with van der Waals surface area (Å²) in [5, 5.41) is 0. The predicted molar refractivity (Wildman–Crippen MR) is 158 cm³/mol. The smallest absolute Gasteiger partial charge is 0.0482 e. The number of nitrogens with two attached hydrogens (primary N) is 1. The van der Waals surface area contributed by atoms with Crippen molar-refractivity contribution in [3.63, 3.8) is 0 Å². The molecule has 0 aromatic heterocycles. The van der Waals surface area contributed by atoms with Gasteiger partial charge in [0.25, 0.3) is 0 Å². The molecule has 4 rings (SSSR count). The highest BCUT2D eigenvalue weighted by Gasteiger charge is 2.18. The summed E-state index contributed by atoms with van der Waals surface area (Å²) >= 11 is 0. The Balaban J connectivity index is 1.92. The number of aryl methyl sites for hydroxylation is 4. The topological polar surface area (TPSA) is 29.3 Å². The number of hydrogen-bond donors (Lipinski definition) is 1. The first kappa shape index (κ1) is 25.1. The molecule has 0 aliphatic rings. The van der Waals surface area contributed by atoms with Crippen LogP contribution >= 0.6 is 0 Å². The lowest BCUT2D eigenvalue weighted by Crippen LogP contribution is -2.12. The van der Waals surface area contributed by atoms with Crippen LogP contribution in [0.4, 0.5) is 22.7 Å². The molecule has 0 aliphatic carbocycles. The molecule has 2 nitrogen and oxygen atoms in total. The Hall–Kier alpha value is -4.04. The number of nitrogen functional groups attached to an aromatic ring is 1. The highest BCUT2D eigenvalue weighted by atomic mass is 15.1. The second-order valence-corrected chi connectivity index (χ2v) is 9.45. The maximum Gasteiger partial charge on any atom is 0.0482 e. The average molecular weight is 473 g/mol. The molecule has 182 valence electrons. The largest absolute Gasteiger partial charge is 0.399 e. The van der Waals surface area contributed by atoms with Gasteiger partial charge < -0.3 is 10.6 Å². The first-order valence-electron chi connectivity index (χ1n) is 12.6. The van der Waals surface area contributed by atoms with E-state index in [4.69, 9.17) is 5.73 Å². The van der Waals surface area contributed by atoms with E-state index >= 15 is 0 Å². The molecular weight excluding hydrogens is 436 g/mol. The monoisotopic (exact) mass is 472 g/mol. The van der Waals surface area contributed by atoms with Crippen molar-refractivity contribution in [2.45, 2.75) is 41.5 Å². The molecule has 0 amide bonds. The minimum atomic E-state index is 0.751. The number of anilines is 4. The average Bonchev–Trinajstić information content (AvgIpc) is 2.83. The fraction of sp³-hybridized carbons (Fsp3) is 0.176. The summed E-state index contributed by atoms with van der Waals surface area (Å²) in [7, 11) is 0. The van der Waals surface area contributed by atoms with Crippen molar-refractivity contribution in [2.75, 3.05) is 10.6 Å². The van der Waals surface area contributed by atoms with Crippen LogP contribution < -0.4 is 10.6 Å². The van der Waals surface area contributed by atoms with E-state index in [9.17, 15) is 0 Å². The van der Waals surface area contributed by atoms with Gasteiger partial charge in [-0.3, -0.25) is 0 Å². The molecule has 4 aromatic rings. The highest BCUT2D eigenvalue weighted by molar-refractivity contribution is 5.85. The van der Waals surface area contributed by atoms with E-state index in [0.717, 1.165) is 22.7 Å². The van der Waals surface area contributed by atoms with Gasteiger partial charge in [-0.05, 0) is 129 Å². The molecule has 0 bridgehead atoms. The quantitative estimate of drug-likeness (QED) is 0.223. The predicted octanol–water partition coefficient (Wildman–Crippen LogP) is 9.62. The number of nitrogens with zero attached hydrogens (tertiary/aromatic N) is 1. The third-order valence-electron chi connectivity index (χ3n) is 6.69. The molecule has 0 radical (unpaired) electrons. The van der Waals surface area contributed by atoms with E-state index < -0.39 is 0 Å². The van der Waals surface area contributed by atoms with E-state index in [2.05, 4.69) is 125 Å². The molecule has 0 saturated heterocycles. The molecule has 36 heavy (non-hydrogen) atoms. The van der Waals surface area contributed by atoms with Crippen molar-refractivity contribution in [2.24, 2.45) is 0 Å². The van der Waals surface area contributed by atoms with E-state index in [0.29, 0.717) is 0 Å². The maximum absolute atomic E-state index is 6.25. The summed E-state index contributed by atoms with van der Waals surface area (Å²) in [5.41, 5.74) is 20.4. The van der Waals surface area contributed by atoms with Gasteiger partial charge in [-0.15, -0.1) is 0 Å².